The number of amides is 1. The second-order valence-electron chi connectivity index (χ2n) is 4.57. The quantitative estimate of drug-likeness (QED) is 0.826. The molecule has 0 fully saturated rings. The smallest absolute Gasteiger partial charge is 0.223 e. The zero-order valence-corrected chi connectivity index (χ0v) is 13.0. The highest BCUT2D eigenvalue weighted by molar-refractivity contribution is 7.14. The van der Waals surface area contributed by atoms with Gasteiger partial charge in [-0.25, -0.2) is 4.98 Å². The van der Waals surface area contributed by atoms with Gasteiger partial charge in [0.25, 0.3) is 0 Å². The second-order valence-corrected chi connectivity index (χ2v) is 6.43. The molecular weight excluding hydrogens is 292 g/mol. The summed E-state index contributed by atoms with van der Waals surface area (Å²) in [6.07, 6.45) is 3.61. The van der Waals surface area contributed by atoms with E-state index < -0.39 is 0 Å². The average Bonchev–Trinajstić information content (AvgIpc) is 3.02. The van der Waals surface area contributed by atoms with Crippen LogP contribution in [0.3, 0.4) is 0 Å². The molecule has 0 aliphatic rings. The van der Waals surface area contributed by atoms with E-state index in [2.05, 4.69) is 21.7 Å². The SMILES string of the molecule is CC(=O)Nc1nc(CCc2cc(CCCO)cs2)cs1. The number of aliphatic hydroxyl groups is 1. The van der Waals surface area contributed by atoms with Gasteiger partial charge in [-0.1, -0.05) is 0 Å². The fourth-order valence-corrected chi connectivity index (χ4v) is 3.57. The van der Waals surface area contributed by atoms with Crippen molar-refractivity contribution >= 4 is 33.7 Å². The monoisotopic (exact) mass is 310 g/mol. The molecule has 2 aromatic heterocycles. The summed E-state index contributed by atoms with van der Waals surface area (Å²) in [5, 5.41) is 16.3. The van der Waals surface area contributed by atoms with Gasteiger partial charge in [0, 0.05) is 23.8 Å². The van der Waals surface area contributed by atoms with E-state index in [0.29, 0.717) is 5.13 Å². The second kappa shape index (κ2) is 7.52. The summed E-state index contributed by atoms with van der Waals surface area (Å²) in [6.45, 7) is 1.73. The van der Waals surface area contributed by atoms with Gasteiger partial charge in [0.15, 0.2) is 5.13 Å². The Bertz CT molecular complexity index is 563. The van der Waals surface area contributed by atoms with Gasteiger partial charge < -0.3 is 10.4 Å². The fraction of sp³-hybridized carbons (Fsp3) is 0.429. The molecule has 2 rings (SSSR count). The molecular formula is C14H18N2O2S2. The highest BCUT2D eigenvalue weighted by Gasteiger charge is 2.05. The van der Waals surface area contributed by atoms with Gasteiger partial charge in [0.05, 0.1) is 5.69 Å². The summed E-state index contributed by atoms with van der Waals surface area (Å²) in [5.41, 5.74) is 2.32. The number of anilines is 1. The molecule has 108 valence electrons. The largest absolute Gasteiger partial charge is 0.396 e. The maximum atomic E-state index is 10.9. The third-order valence-corrected chi connectivity index (χ3v) is 4.65. The van der Waals surface area contributed by atoms with Crippen LogP contribution in [0.4, 0.5) is 5.13 Å². The van der Waals surface area contributed by atoms with E-state index in [-0.39, 0.29) is 12.5 Å². The minimum Gasteiger partial charge on any atom is -0.396 e. The first-order valence-electron chi connectivity index (χ1n) is 6.56. The molecule has 20 heavy (non-hydrogen) atoms. The van der Waals surface area contributed by atoms with Crippen LogP contribution in [0.2, 0.25) is 0 Å². The van der Waals surface area contributed by atoms with Gasteiger partial charge >= 0.3 is 0 Å². The molecule has 0 spiro atoms. The molecule has 0 unspecified atom stereocenters. The van der Waals surface area contributed by atoms with Crippen LogP contribution in [-0.4, -0.2) is 22.6 Å². The number of carbonyl (C=O) groups is 1. The number of nitrogens with one attached hydrogen (secondary N) is 1. The number of thiophene rings is 1. The van der Waals surface area contributed by atoms with Crippen molar-refractivity contribution in [3.63, 3.8) is 0 Å². The third-order valence-electron chi connectivity index (χ3n) is 2.79. The van der Waals surface area contributed by atoms with Crippen LogP contribution in [0.25, 0.3) is 0 Å². The lowest BCUT2D eigenvalue weighted by atomic mass is 10.1. The van der Waals surface area contributed by atoms with Crippen molar-refractivity contribution in [1.29, 1.82) is 0 Å². The molecule has 0 bridgehead atoms. The zero-order chi connectivity index (χ0) is 14.4. The molecule has 6 heteroatoms. The van der Waals surface area contributed by atoms with Crippen molar-refractivity contribution in [2.45, 2.75) is 32.6 Å². The predicted molar refractivity (Wildman–Crippen MR) is 83.6 cm³/mol. The number of carbonyl (C=O) groups excluding carboxylic acids is 1. The van der Waals surface area contributed by atoms with Crippen LogP contribution in [0.1, 0.15) is 29.5 Å². The first kappa shape index (κ1) is 15.2. The minimum atomic E-state index is -0.0855. The summed E-state index contributed by atoms with van der Waals surface area (Å²) >= 11 is 3.22. The molecule has 0 saturated heterocycles. The van der Waals surface area contributed by atoms with Crippen molar-refractivity contribution in [3.05, 3.63) is 33.0 Å². The first-order valence-corrected chi connectivity index (χ1v) is 8.32. The Labute approximate surface area is 126 Å². The van der Waals surface area contributed by atoms with Crippen molar-refractivity contribution in [3.8, 4) is 0 Å². The number of aromatic nitrogens is 1. The van der Waals surface area contributed by atoms with Crippen LogP contribution < -0.4 is 5.32 Å². The molecule has 2 aromatic rings. The maximum absolute atomic E-state index is 10.9. The molecule has 1 amide bonds. The molecule has 0 atom stereocenters. The highest BCUT2D eigenvalue weighted by atomic mass is 32.1. The van der Waals surface area contributed by atoms with Crippen molar-refractivity contribution in [1.82, 2.24) is 4.98 Å². The third kappa shape index (κ3) is 4.70. The summed E-state index contributed by atoms with van der Waals surface area (Å²) in [6, 6.07) is 2.21. The Hall–Kier alpha value is -1.24. The number of hydrogen-bond donors (Lipinski definition) is 2. The predicted octanol–water partition coefficient (Wildman–Crippen LogP) is 2.87. The lowest BCUT2D eigenvalue weighted by Crippen LogP contribution is -2.05. The molecule has 0 saturated carbocycles. The Morgan fingerprint density at radius 2 is 2.15 bits per heavy atom. The van der Waals surface area contributed by atoms with Crippen LogP contribution in [0.15, 0.2) is 16.8 Å². The van der Waals surface area contributed by atoms with Gasteiger partial charge in [-0.2, -0.15) is 0 Å². The molecule has 0 radical (unpaired) electrons. The number of aryl methyl sites for hydroxylation is 3. The summed E-state index contributed by atoms with van der Waals surface area (Å²) in [5.74, 6) is -0.0855. The van der Waals surface area contributed by atoms with Crippen LogP contribution in [-0.2, 0) is 24.1 Å². The van der Waals surface area contributed by atoms with E-state index in [9.17, 15) is 4.79 Å². The van der Waals surface area contributed by atoms with Gasteiger partial charge in [-0.05, 0) is 42.7 Å². The number of rotatable bonds is 7. The first-order chi connectivity index (χ1) is 9.67. The summed E-state index contributed by atoms with van der Waals surface area (Å²) in [4.78, 5) is 16.7. The van der Waals surface area contributed by atoms with Crippen LogP contribution in [0.5, 0.6) is 0 Å². The van der Waals surface area contributed by atoms with E-state index in [1.54, 1.807) is 11.3 Å². The highest BCUT2D eigenvalue weighted by Crippen LogP contribution is 2.20. The normalized spacial score (nSPS) is 10.7. The van der Waals surface area contributed by atoms with Crippen LogP contribution >= 0.6 is 22.7 Å². The van der Waals surface area contributed by atoms with Crippen molar-refractivity contribution in [2.75, 3.05) is 11.9 Å². The van der Waals surface area contributed by atoms with Crippen molar-refractivity contribution < 1.29 is 9.90 Å². The summed E-state index contributed by atoms with van der Waals surface area (Å²) < 4.78 is 0. The molecule has 4 nitrogen and oxygen atoms in total. The Morgan fingerprint density at radius 1 is 1.30 bits per heavy atom. The Balaban J connectivity index is 1.83. The number of hydrogen-bond acceptors (Lipinski definition) is 5. The molecule has 0 aliphatic heterocycles. The van der Waals surface area contributed by atoms with Gasteiger partial charge in [-0.3, -0.25) is 4.79 Å². The lowest BCUT2D eigenvalue weighted by Gasteiger charge is -1.96. The Kier molecular flexibility index (Phi) is 5.70. The topological polar surface area (TPSA) is 62.2 Å². The maximum Gasteiger partial charge on any atom is 0.223 e. The van der Waals surface area contributed by atoms with Crippen LogP contribution in [0, 0.1) is 0 Å². The molecule has 0 aromatic carbocycles. The van der Waals surface area contributed by atoms with Gasteiger partial charge in [-0.15, -0.1) is 22.7 Å². The van der Waals surface area contributed by atoms with E-state index in [0.717, 1.165) is 31.4 Å². The fourth-order valence-electron chi connectivity index (χ4n) is 1.85. The van der Waals surface area contributed by atoms with E-state index in [4.69, 9.17) is 5.11 Å². The van der Waals surface area contributed by atoms with Gasteiger partial charge in [0.2, 0.25) is 5.91 Å². The lowest BCUT2D eigenvalue weighted by molar-refractivity contribution is -0.114. The Morgan fingerprint density at radius 3 is 2.90 bits per heavy atom. The standard InChI is InChI=1S/C14H18N2O2S2/c1-10(18)15-14-16-12(9-20-14)4-5-13-7-11(8-19-13)3-2-6-17/h7-9,17H,2-6H2,1H3,(H,15,16,18). The zero-order valence-electron chi connectivity index (χ0n) is 11.4. The average molecular weight is 310 g/mol. The number of aliphatic hydroxyl groups excluding tert-OH is 1. The van der Waals surface area contributed by atoms with E-state index in [1.165, 1.54) is 28.7 Å². The summed E-state index contributed by atoms with van der Waals surface area (Å²) in [7, 11) is 0. The van der Waals surface area contributed by atoms with E-state index in [1.807, 2.05) is 5.38 Å². The number of thiazole rings is 1. The molecule has 0 aliphatic carbocycles. The van der Waals surface area contributed by atoms with E-state index >= 15 is 0 Å². The van der Waals surface area contributed by atoms with Gasteiger partial charge in [0.1, 0.15) is 0 Å². The molecule has 2 N–H and O–H groups in total. The minimum absolute atomic E-state index is 0.0855. The van der Waals surface area contributed by atoms with Crippen molar-refractivity contribution in [2.24, 2.45) is 0 Å². The number of nitrogens with zero attached hydrogens (tertiary/aromatic N) is 1. The molecule has 2 heterocycles.